The molecular formula is C41H49N8O17P3S. The first-order chi connectivity index (χ1) is 32.8. The summed E-state index contributed by atoms with van der Waals surface area (Å²) in [6.45, 7) is 7.21. The van der Waals surface area contributed by atoms with Crippen LogP contribution in [0.4, 0.5) is 17.3 Å². The molecule has 4 aliphatic heterocycles. The van der Waals surface area contributed by atoms with Gasteiger partial charge in [-0.2, -0.15) is 13.6 Å². The molecule has 4 aromatic rings. The monoisotopic (exact) mass is 1050 g/mol. The van der Waals surface area contributed by atoms with Crippen LogP contribution in [0.1, 0.15) is 75.8 Å². The number of hydrogen-bond acceptors (Lipinski definition) is 17. The van der Waals surface area contributed by atoms with E-state index in [9.17, 15) is 46.0 Å². The standard InChI is InChI=1S/C41H49N8O17P3S/c1-4-47-14-6-9-24-16-29-33(18-31(24)47)64-34-19-32-28(17-30(34)44-29)26(23-70(59,60)61)20-41(2,3)49(32)15-7-10-35(50)43-13-5-8-25-21-48(38-37(25)39(51)46-40(42)45-38)36-12-11-27(63-36)22-62-68(55,56)66-69(57,58)65-67(52,53)54/h16-21,27,36H,4,6-7,9-15,22-23H2,1-3H3,(H8-,42,43,45,46,50,51,52,53,54,55,56,57,58,59,60,61)/t27-,36+/m0/s1. The molecule has 1 saturated heterocycles. The molecule has 0 radical (unpaired) electrons. The molecule has 70 heavy (non-hydrogen) atoms. The van der Waals surface area contributed by atoms with Gasteiger partial charge in [0.2, 0.25) is 17.2 Å². The molecule has 8 N–H and O–H groups in total. The first-order valence-corrected chi connectivity index (χ1v) is 27.9. The van der Waals surface area contributed by atoms with E-state index in [1.54, 1.807) is 18.2 Å². The van der Waals surface area contributed by atoms with Gasteiger partial charge in [-0.25, -0.2) is 31.7 Å². The number of aromatic nitrogens is 3. The van der Waals surface area contributed by atoms with Gasteiger partial charge in [-0.05, 0) is 64.2 Å². The van der Waals surface area contributed by atoms with Gasteiger partial charge in [-0.1, -0.05) is 17.9 Å². The van der Waals surface area contributed by atoms with Crippen molar-refractivity contribution in [3.8, 4) is 23.3 Å². The van der Waals surface area contributed by atoms with Gasteiger partial charge in [-0.15, -0.1) is 0 Å². The number of rotatable bonds is 16. The molecule has 0 bridgehead atoms. The van der Waals surface area contributed by atoms with Crippen LogP contribution in [0.5, 0.6) is 11.5 Å². The van der Waals surface area contributed by atoms with E-state index in [1.165, 1.54) is 16.3 Å². The quantitative estimate of drug-likeness (QED) is 0.0323. The number of benzene rings is 2. The summed E-state index contributed by atoms with van der Waals surface area (Å²) in [6.07, 6.45) is 4.25. The Morgan fingerprint density at radius 2 is 1.89 bits per heavy atom. The summed E-state index contributed by atoms with van der Waals surface area (Å²) in [4.78, 5) is 76.6. The zero-order valence-electron chi connectivity index (χ0n) is 37.8. The minimum atomic E-state index is -5.72. The molecule has 8 rings (SSSR count). The summed E-state index contributed by atoms with van der Waals surface area (Å²) in [7, 11) is -21.4. The number of carbonyl (C=O) groups excluding carboxylic acids is 1. The number of aromatic amines is 1. The second-order valence-corrected chi connectivity index (χ2v) is 23.1. The van der Waals surface area contributed by atoms with E-state index >= 15 is 0 Å². The van der Waals surface area contributed by atoms with Crippen molar-refractivity contribution in [3.63, 3.8) is 0 Å². The largest absolute Gasteiger partial charge is 0.748 e. The fourth-order valence-corrected chi connectivity index (χ4v) is 12.7. The highest BCUT2D eigenvalue weighted by Gasteiger charge is 2.42. The lowest BCUT2D eigenvalue weighted by molar-refractivity contribution is -0.120. The lowest BCUT2D eigenvalue weighted by Gasteiger charge is -2.44. The SMILES string of the molecule is CC[N+]1=c2cc3c(cc2CCC1)=Nc1cc2c(cc1O3)N(CCCC(=O)NCC#Cc1cn([C@H]3CC[C@@H](COP(=O)(O)OP(=O)(O)OP(=O)(O)O)O3)c3nc(N)[nH]c(=O)c13)C(C)(C)C=C2CS(=O)(=O)[O-]. The first-order valence-electron chi connectivity index (χ1n) is 21.8. The molecule has 1 fully saturated rings. The number of nitrogen functional groups attached to an aromatic ring is 1. The topological polar surface area (TPSA) is 360 Å². The highest BCUT2D eigenvalue weighted by Crippen LogP contribution is 2.66. The van der Waals surface area contributed by atoms with E-state index in [4.69, 9.17) is 34.5 Å². The number of amides is 1. The minimum absolute atomic E-state index is 0.0504. The third-order valence-corrected chi connectivity index (χ3v) is 16.3. The molecule has 4 atom stereocenters. The maximum absolute atomic E-state index is 13.2. The summed E-state index contributed by atoms with van der Waals surface area (Å²) < 4.78 is 99.6. The highest BCUT2D eigenvalue weighted by molar-refractivity contribution is 7.86. The third-order valence-electron chi connectivity index (χ3n) is 11.8. The first kappa shape index (κ1) is 51.3. The number of ether oxygens (including phenoxy) is 2. The van der Waals surface area contributed by atoms with Crippen molar-refractivity contribution in [1.82, 2.24) is 24.4 Å². The van der Waals surface area contributed by atoms with E-state index in [0.717, 1.165) is 31.3 Å². The van der Waals surface area contributed by atoms with Gasteiger partial charge in [0.1, 0.15) is 30.4 Å². The van der Waals surface area contributed by atoms with Crippen LogP contribution in [0.3, 0.4) is 0 Å². The van der Waals surface area contributed by atoms with Crippen molar-refractivity contribution in [2.45, 2.75) is 77.2 Å². The summed E-state index contributed by atoms with van der Waals surface area (Å²) in [5, 5.41) is 4.56. The second-order valence-electron chi connectivity index (χ2n) is 17.3. The van der Waals surface area contributed by atoms with Gasteiger partial charge >= 0.3 is 23.5 Å². The van der Waals surface area contributed by atoms with E-state index < -0.39 is 69.4 Å². The molecule has 0 aliphatic carbocycles. The number of fused-ring (bicyclic) bond motifs is 5. The number of carbonyl (C=O) groups is 1. The molecule has 376 valence electrons. The molecule has 2 aromatic heterocycles. The second kappa shape index (κ2) is 19.5. The zero-order chi connectivity index (χ0) is 50.6. The van der Waals surface area contributed by atoms with Crippen LogP contribution in [0.25, 0.3) is 16.6 Å². The number of H-pyrrole nitrogens is 1. The Morgan fingerprint density at radius 1 is 1.11 bits per heavy atom. The predicted molar refractivity (Wildman–Crippen MR) is 249 cm³/mol. The molecule has 4 aliphatic rings. The number of phosphoric acid groups is 3. The van der Waals surface area contributed by atoms with Crippen LogP contribution < -0.4 is 41.5 Å². The molecule has 1 amide bonds. The van der Waals surface area contributed by atoms with E-state index in [0.29, 0.717) is 52.3 Å². The Balaban J connectivity index is 0.927. The molecule has 29 heteroatoms. The maximum Gasteiger partial charge on any atom is 0.490 e. The van der Waals surface area contributed by atoms with Gasteiger partial charge in [0.25, 0.3) is 5.56 Å². The average molecular weight is 1050 g/mol. The fourth-order valence-electron chi connectivity index (χ4n) is 8.99. The van der Waals surface area contributed by atoms with Gasteiger partial charge in [0.15, 0.2) is 17.1 Å². The molecule has 25 nitrogen and oxygen atoms in total. The summed E-state index contributed by atoms with van der Waals surface area (Å²) in [6, 6.07) is 7.59. The van der Waals surface area contributed by atoms with Crippen LogP contribution in [0.15, 0.2) is 46.3 Å². The maximum atomic E-state index is 13.2. The number of nitrogens with one attached hydrogen (secondary N) is 2. The molecule has 2 unspecified atom stereocenters. The van der Waals surface area contributed by atoms with Crippen molar-refractivity contribution < 1.29 is 73.7 Å². The predicted octanol–water partition coefficient (Wildman–Crippen LogP) is 2.32. The van der Waals surface area contributed by atoms with Crippen LogP contribution in [-0.4, -0.2) is 103 Å². The highest BCUT2D eigenvalue weighted by atomic mass is 32.2. The Hall–Kier alpha value is -5.09. The van der Waals surface area contributed by atoms with Crippen LogP contribution >= 0.6 is 23.5 Å². The van der Waals surface area contributed by atoms with Gasteiger partial charge in [-0.3, -0.25) is 19.1 Å². The Labute approximate surface area is 399 Å². The average Bonchev–Trinajstić information content (AvgIpc) is 3.86. The number of aryl methyl sites for hydroxylation is 1. The van der Waals surface area contributed by atoms with Crippen LogP contribution in [0, 0.1) is 11.8 Å². The van der Waals surface area contributed by atoms with Crippen molar-refractivity contribution >= 4 is 73.4 Å². The molecular weight excluding hydrogens is 1000 g/mol. The number of hydrogen-bond donors (Lipinski definition) is 7. The van der Waals surface area contributed by atoms with Gasteiger partial charge in [0.05, 0.1) is 57.7 Å². The summed E-state index contributed by atoms with van der Waals surface area (Å²) >= 11 is 0. The van der Waals surface area contributed by atoms with Crippen molar-refractivity contribution in [3.05, 3.63) is 74.3 Å². The lowest BCUT2D eigenvalue weighted by atomic mass is 9.88. The van der Waals surface area contributed by atoms with Crippen LogP contribution in [-0.2, 0) is 52.9 Å². The fraction of sp³-hybridized carbons (Fsp3) is 0.439. The summed E-state index contributed by atoms with van der Waals surface area (Å²) in [5.74, 6) is 5.49. The van der Waals surface area contributed by atoms with Crippen molar-refractivity contribution in [1.29, 1.82) is 0 Å². The number of nitrogens with zero attached hydrogens (tertiary/aromatic N) is 5. The number of nitrogens with two attached hydrogens (primary N) is 1. The Kier molecular flexibility index (Phi) is 14.3. The number of phosphoric ester groups is 1. The normalized spacial score (nSPS) is 20.0. The van der Waals surface area contributed by atoms with Gasteiger partial charge < -0.3 is 54.1 Å². The number of anilines is 2. The molecule has 0 saturated carbocycles. The van der Waals surface area contributed by atoms with Crippen molar-refractivity contribution in [2.24, 2.45) is 4.99 Å². The summed E-state index contributed by atoms with van der Waals surface area (Å²) in [5.41, 5.74) is 7.86. The van der Waals surface area contributed by atoms with Crippen molar-refractivity contribution in [2.75, 3.05) is 49.2 Å². The third kappa shape index (κ3) is 11.8. The lowest BCUT2D eigenvalue weighted by Crippen LogP contribution is -2.46. The van der Waals surface area contributed by atoms with E-state index in [-0.39, 0.29) is 54.3 Å². The Morgan fingerprint density at radius 3 is 2.61 bits per heavy atom. The Bertz CT molecular complexity index is 3360. The molecule has 6 heterocycles. The zero-order valence-corrected chi connectivity index (χ0v) is 41.3. The van der Waals surface area contributed by atoms with Gasteiger partial charge in [0, 0.05) is 48.5 Å². The molecule has 2 aromatic carbocycles. The molecule has 0 spiro atoms. The van der Waals surface area contributed by atoms with E-state index in [2.05, 4.69) is 47.2 Å². The minimum Gasteiger partial charge on any atom is -0.748 e. The smallest absolute Gasteiger partial charge is 0.490 e. The van der Waals surface area contributed by atoms with Crippen LogP contribution in [0.2, 0.25) is 0 Å². The van der Waals surface area contributed by atoms with E-state index in [1.807, 2.05) is 30.9 Å².